The summed E-state index contributed by atoms with van der Waals surface area (Å²) >= 11 is 0. The molecule has 0 atom stereocenters. The van der Waals surface area contributed by atoms with E-state index in [1.165, 1.54) is 0 Å². The number of carbonyl (C=O) groups is 2. The molecule has 8 heteroatoms. The summed E-state index contributed by atoms with van der Waals surface area (Å²) in [4.78, 5) is 28.9. The molecule has 3 rings (SSSR count). The van der Waals surface area contributed by atoms with E-state index in [-0.39, 0.29) is 5.91 Å². The van der Waals surface area contributed by atoms with Crippen molar-refractivity contribution in [3.05, 3.63) is 48.0 Å². The van der Waals surface area contributed by atoms with Crippen molar-refractivity contribution >= 4 is 12.0 Å². The Labute approximate surface area is 188 Å². The van der Waals surface area contributed by atoms with Crippen molar-refractivity contribution < 1.29 is 28.5 Å². The van der Waals surface area contributed by atoms with Crippen molar-refractivity contribution in [3.8, 4) is 23.0 Å². The Bertz CT molecular complexity index is 883. The van der Waals surface area contributed by atoms with Crippen molar-refractivity contribution in [3.63, 3.8) is 0 Å². The van der Waals surface area contributed by atoms with Crippen LogP contribution in [0.3, 0.4) is 0 Å². The second kappa shape index (κ2) is 11.3. The lowest BCUT2D eigenvalue weighted by molar-refractivity contribution is 0.0632. The smallest absolute Gasteiger partial charge is 0.415 e. The van der Waals surface area contributed by atoms with Gasteiger partial charge < -0.3 is 28.7 Å². The highest BCUT2D eigenvalue weighted by atomic mass is 16.6. The van der Waals surface area contributed by atoms with Crippen LogP contribution in [0.4, 0.5) is 4.79 Å². The van der Waals surface area contributed by atoms with E-state index in [2.05, 4.69) is 0 Å². The molecule has 0 spiro atoms. The Balaban J connectivity index is 1.69. The number of nitrogens with zero attached hydrogens (tertiary/aromatic N) is 2. The van der Waals surface area contributed by atoms with E-state index in [0.717, 1.165) is 0 Å². The van der Waals surface area contributed by atoms with E-state index in [1.807, 2.05) is 39.0 Å². The molecule has 32 heavy (non-hydrogen) atoms. The fourth-order valence-corrected chi connectivity index (χ4v) is 3.44. The molecule has 8 nitrogen and oxygen atoms in total. The first-order valence-electron chi connectivity index (χ1n) is 10.9. The lowest BCUT2D eigenvalue weighted by Crippen LogP contribution is -2.51. The maximum absolute atomic E-state index is 13.2. The molecule has 0 bridgehead atoms. The van der Waals surface area contributed by atoms with Crippen LogP contribution in [0.2, 0.25) is 0 Å². The van der Waals surface area contributed by atoms with E-state index in [0.29, 0.717) is 74.6 Å². The zero-order chi connectivity index (χ0) is 22.9. The second-order valence-corrected chi connectivity index (χ2v) is 7.06. The van der Waals surface area contributed by atoms with E-state index >= 15 is 0 Å². The molecule has 1 saturated heterocycles. The molecule has 1 fully saturated rings. The van der Waals surface area contributed by atoms with Gasteiger partial charge in [0.05, 0.1) is 19.8 Å². The number of ether oxygens (including phenoxy) is 4. The number of piperazine rings is 1. The minimum atomic E-state index is -0.415. The fraction of sp³-hybridized carbons (Fsp3) is 0.417. The number of carbonyl (C=O) groups excluding carboxylic acids is 2. The maximum atomic E-state index is 13.2. The van der Waals surface area contributed by atoms with Crippen molar-refractivity contribution in [2.24, 2.45) is 0 Å². The van der Waals surface area contributed by atoms with Gasteiger partial charge in [0.15, 0.2) is 11.5 Å². The van der Waals surface area contributed by atoms with Crippen molar-refractivity contribution in [2.45, 2.75) is 20.8 Å². The predicted molar refractivity (Wildman–Crippen MR) is 120 cm³/mol. The molecule has 1 heterocycles. The Morgan fingerprint density at radius 3 is 1.84 bits per heavy atom. The molecule has 0 radical (unpaired) electrons. The molecule has 2 aromatic carbocycles. The first-order valence-corrected chi connectivity index (χ1v) is 10.9. The molecule has 0 saturated carbocycles. The third kappa shape index (κ3) is 5.63. The van der Waals surface area contributed by atoms with Crippen LogP contribution < -0.4 is 18.9 Å². The number of hydrogen-bond acceptors (Lipinski definition) is 6. The number of amides is 2. The van der Waals surface area contributed by atoms with Crippen molar-refractivity contribution in [1.82, 2.24) is 9.80 Å². The summed E-state index contributed by atoms with van der Waals surface area (Å²) < 4.78 is 22.5. The Morgan fingerprint density at radius 2 is 1.31 bits per heavy atom. The summed E-state index contributed by atoms with van der Waals surface area (Å²) in [5.74, 6) is 1.81. The van der Waals surface area contributed by atoms with Crippen LogP contribution in [0.25, 0.3) is 0 Å². The van der Waals surface area contributed by atoms with Gasteiger partial charge in [0, 0.05) is 31.7 Å². The van der Waals surface area contributed by atoms with Gasteiger partial charge in [-0.25, -0.2) is 4.79 Å². The van der Waals surface area contributed by atoms with E-state index in [4.69, 9.17) is 18.9 Å². The molecule has 0 N–H and O–H groups in total. The lowest BCUT2D eigenvalue weighted by Gasteiger charge is -2.34. The zero-order valence-corrected chi connectivity index (χ0v) is 18.8. The van der Waals surface area contributed by atoms with Crippen LogP contribution in [-0.2, 0) is 0 Å². The zero-order valence-electron chi connectivity index (χ0n) is 18.8. The van der Waals surface area contributed by atoms with Gasteiger partial charge in [-0.05, 0) is 45.0 Å². The highest BCUT2D eigenvalue weighted by Gasteiger charge is 2.27. The average Bonchev–Trinajstić information content (AvgIpc) is 2.81. The van der Waals surface area contributed by atoms with Crippen LogP contribution in [0, 0.1) is 0 Å². The van der Waals surface area contributed by atoms with Crippen LogP contribution >= 0.6 is 0 Å². The number of rotatable bonds is 8. The number of hydrogen-bond donors (Lipinski definition) is 0. The molecular formula is C24H30N2O6. The molecule has 1 aliphatic rings. The van der Waals surface area contributed by atoms with Crippen molar-refractivity contribution in [2.75, 3.05) is 46.0 Å². The van der Waals surface area contributed by atoms with Crippen LogP contribution in [-0.4, -0.2) is 67.8 Å². The first kappa shape index (κ1) is 23.2. The summed E-state index contributed by atoms with van der Waals surface area (Å²) in [6.07, 6.45) is -0.415. The molecule has 172 valence electrons. The SMILES string of the molecule is CCOc1cc(C(=O)N2CCN(C(=O)Oc3ccccc3)CC2)cc(OCC)c1OCC. The summed E-state index contributed by atoms with van der Waals surface area (Å²) in [6.45, 7) is 8.55. The molecule has 2 amide bonds. The van der Waals surface area contributed by atoms with Gasteiger partial charge in [-0.15, -0.1) is 0 Å². The Morgan fingerprint density at radius 1 is 0.781 bits per heavy atom. The standard InChI is InChI=1S/C24H30N2O6/c1-4-29-20-16-18(17-21(30-5-2)22(20)31-6-3)23(27)25-12-14-26(15-13-25)24(28)32-19-10-8-7-9-11-19/h7-11,16-17H,4-6,12-15H2,1-3H3. The van der Waals surface area contributed by atoms with E-state index in [9.17, 15) is 9.59 Å². The highest BCUT2D eigenvalue weighted by Crippen LogP contribution is 2.39. The second-order valence-electron chi connectivity index (χ2n) is 7.06. The first-order chi connectivity index (χ1) is 15.6. The number of para-hydroxylation sites is 1. The summed E-state index contributed by atoms with van der Waals surface area (Å²) in [5, 5.41) is 0. The average molecular weight is 443 g/mol. The van der Waals surface area contributed by atoms with Crippen LogP contribution in [0.5, 0.6) is 23.0 Å². The summed E-state index contributed by atoms with van der Waals surface area (Å²) in [6, 6.07) is 12.3. The molecule has 0 aromatic heterocycles. The van der Waals surface area contributed by atoms with Gasteiger partial charge in [-0.2, -0.15) is 0 Å². The lowest BCUT2D eigenvalue weighted by atomic mass is 10.1. The van der Waals surface area contributed by atoms with Crippen LogP contribution in [0.15, 0.2) is 42.5 Å². The largest absolute Gasteiger partial charge is 0.490 e. The minimum absolute atomic E-state index is 0.147. The van der Waals surface area contributed by atoms with E-state index in [1.54, 1.807) is 34.1 Å². The van der Waals surface area contributed by atoms with Gasteiger partial charge in [-0.3, -0.25) is 4.79 Å². The summed E-state index contributed by atoms with van der Waals surface area (Å²) in [5.41, 5.74) is 0.459. The van der Waals surface area contributed by atoms with Gasteiger partial charge >= 0.3 is 6.09 Å². The molecular weight excluding hydrogens is 412 g/mol. The summed E-state index contributed by atoms with van der Waals surface area (Å²) in [7, 11) is 0. The number of benzene rings is 2. The van der Waals surface area contributed by atoms with Gasteiger partial charge in [0.1, 0.15) is 5.75 Å². The maximum Gasteiger partial charge on any atom is 0.415 e. The monoisotopic (exact) mass is 442 g/mol. The molecule has 0 unspecified atom stereocenters. The predicted octanol–water partition coefficient (Wildman–Crippen LogP) is 3.84. The van der Waals surface area contributed by atoms with Gasteiger partial charge in [0.25, 0.3) is 5.91 Å². The molecule has 0 aliphatic carbocycles. The van der Waals surface area contributed by atoms with Crippen LogP contribution in [0.1, 0.15) is 31.1 Å². The van der Waals surface area contributed by atoms with Crippen molar-refractivity contribution in [1.29, 1.82) is 0 Å². The fourth-order valence-electron chi connectivity index (χ4n) is 3.44. The quantitative estimate of drug-likeness (QED) is 0.618. The Hall–Kier alpha value is -3.42. The molecule has 2 aromatic rings. The molecule has 1 aliphatic heterocycles. The topological polar surface area (TPSA) is 77.5 Å². The third-order valence-corrected chi connectivity index (χ3v) is 4.93. The van der Waals surface area contributed by atoms with Gasteiger partial charge in [-0.1, -0.05) is 18.2 Å². The highest BCUT2D eigenvalue weighted by molar-refractivity contribution is 5.96. The Kier molecular flexibility index (Phi) is 8.19. The van der Waals surface area contributed by atoms with E-state index < -0.39 is 6.09 Å². The van der Waals surface area contributed by atoms with Gasteiger partial charge in [0.2, 0.25) is 5.75 Å². The third-order valence-electron chi connectivity index (χ3n) is 4.93. The normalized spacial score (nSPS) is 13.5. The minimum Gasteiger partial charge on any atom is -0.490 e.